The van der Waals surface area contributed by atoms with Crippen LogP contribution in [-0.4, -0.2) is 111 Å². The second kappa shape index (κ2) is 12.4. The molecule has 1 rings (SSSR count). The fourth-order valence-electron chi connectivity index (χ4n) is 2.88. The Morgan fingerprint density at radius 3 is 2.00 bits per heavy atom. The van der Waals surface area contributed by atoms with Crippen molar-refractivity contribution in [3.05, 3.63) is 0 Å². The minimum absolute atomic E-state index is 0.529. The highest BCUT2D eigenvalue weighted by Crippen LogP contribution is 2.19. The fourth-order valence-corrected chi connectivity index (χ4v) is 2.88. The molecule has 0 saturated carbocycles. The van der Waals surface area contributed by atoms with Crippen molar-refractivity contribution in [2.75, 3.05) is 6.61 Å². The molecule has 4 amide bonds. The van der Waals surface area contributed by atoms with E-state index in [1.807, 2.05) is 0 Å². The van der Waals surface area contributed by atoms with Gasteiger partial charge in [0.25, 0.3) is 0 Å². The Labute approximate surface area is 188 Å². The predicted molar refractivity (Wildman–Crippen MR) is 107 cm³/mol. The van der Waals surface area contributed by atoms with Crippen LogP contribution in [0.25, 0.3) is 0 Å². The van der Waals surface area contributed by atoms with Gasteiger partial charge in [-0.1, -0.05) is 0 Å². The quantitative estimate of drug-likeness (QED) is 0.144. The zero-order valence-electron chi connectivity index (χ0n) is 18.2. The predicted octanol–water partition coefficient (Wildman–Crippen LogP) is -5.11. The maximum absolute atomic E-state index is 12.5. The molecule has 9 N–H and O–H groups in total. The Balaban J connectivity index is 2.93. The molecule has 0 aromatic rings. The maximum Gasteiger partial charge on any atom is 0.325 e. The van der Waals surface area contributed by atoms with Gasteiger partial charge in [0, 0.05) is 6.92 Å². The van der Waals surface area contributed by atoms with E-state index in [1.165, 1.54) is 6.92 Å². The highest BCUT2D eigenvalue weighted by atomic mass is 16.6. The number of carboxylic acid groups (broad SMARTS) is 1. The van der Waals surface area contributed by atoms with Crippen LogP contribution >= 0.6 is 0 Å². The summed E-state index contributed by atoms with van der Waals surface area (Å²) in [5, 5.41) is 56.6. The monoisotopic (exact) mass is 478 g/mol. The van der Waals surface area contributed by atoms with Gasteiger partial charge in [-0.05, 0) is 13.8 Å². The van der Waals surface area contributed by atoms with Crippen LogP contribution in [-0.2, 0) is 28.7 Å². The molecule has 1 aliphatic heterocycles. The molecule has 1 aliphatic rings. The van der Waals surface area contributed by atoms with Crippen LogP contribution in [0.5, 0.6) is 0 Å². The number of carbonyl (C=O) groups excluding carboxylic acids is 4. The highest BCUT2D eigenvalue weighted by Gasteiger charge is 2.44. The van der Waals surface area contributed by atoms with Crippen molar-refractivity contribution in [3.8, 4) is 0 Å². The molecule has 0 bridgehead atoms. The van der Waals surface area contributed by atoms with Gasteiger partial charge in [0.05, 0.1) is 13.0 Å². The number of rotatable bonds is 10. The lowest BCUT2D eigenvalue weighted by Gasteiger charge is -2.40. The molecular weight excluding hydrogens is 448 g/mol. The molecule has 188 valence electrons. The van der Waals surface area contributed by atoms with E-state index >= 15 is 0 Å². The van der Waals surface area contributed by atoms with Gasteiger partial charge < -0.3 is 51.5 Å². The van der Waals surface area contributed by atoms with Gasteiger partial charge in [0.15, 0.2) is 6.23 Å². The van der Waals surface area contributed by atoms with Crippen LogP contribution in [0.2, 0.25) is 0 Å². The number of amides is 4. The van der Waals surface area contributed by atoms with Gasteiger partial charge in [-0.3, -0.25) is 24.0 Å². The van der Waals surface area contributed by atoms with Gasteiger partial charge in [0.2, 0.25) is 23.6 Å². The van der Waals surface area contributed by atoms with Gasteiger partial charge in [-0.2, -0.15) is 0 Å². The first-order valence-electron chi connectivity index (χ1n) is 9.99. The Morgan fingerprint density at radius 2 is 1.48 bits per heavy atom. The van der Waals surface area contributed by atoms with Gasteiger partial charge in [-0.15, -0.1) is 0 Å². The third kappa shape index (κ3) is 8.21. The van der Waals surface area contributed by atoms with Crippen LogP contribution in [0, 0.1) is 0 Å². The zero-order chi connectivity index (χ0) is 25.5. The van der Waals surface area contributed by atoms with Crippen LogP contribution in [0.1, 0.15) is 27.2 Å². The molecular formula is C18H30N4O11. The van der Waals surface area contributed by atoms with Crippen molar-refractivity contribution in [3.63, 3.8) is 0 Å². The summed E-state index contributed by atoms with van der Waals surface area (Å²) in [6, 6.07) is -4.01. The third-order valence-corrected chi connectivity index (χ3v) is 4.76. The second-order valence-corrected chi connectivity index (χ2v) is 7.57. The summed E-state index contributed by atoms with van der Waals surface area (Å²) in [5.74, 6) is -4.72. The third-order valence-electron chi connectivity index (χ3n) is 4.76. The number of ether oxygens (including phenoxy) is 1. The first-order chi connectivity index (χ1) is 15.3. The van der Waals surface area contributed by atoms with E-state index in [2.05, 4.69) is 21.3 Å². The van der Waals surface area contributed by atoms with Crippen molar-refractivity contribution in [2.24, 2.45) is 0 Å². The maximum atomic E-state index is 12.5. The number of aliphatic hydroxyl groups excluding tert-OH is 4. The van der Waals surface area contributed by atoms with E-state index in [0.717, 1.165) is 13.8 Å². The summed E-state index contributed by atoms with van der Waals surface area (Å²) in [6.45, 7) is 2.91. The SMILES string of the molecule is CC(=O)N[C@@H](C)C(=O)N[C@@H](CC(=O)N[C@H]1O[C@H](CO)[C@H](O)[C@H](O)[C@H]1O)C(=O)N[C@@H](C)C(=O)O. The highest BCUT2D eigenvalue weighted by molar-refractivity contribution is 5.95. The summed E-state index contributed by atoms with van der Waals surface area (Å²) < 4.78 is 5.15. The molecule has 33 heavy (non-hydrogen) atoms. The number of hydrogen-bond donors (Lipinski definition) is 9. The number of hydrogen-bond acceptors (Lipinski definition) is 10. The number of nitrogens with one attached hydrogen (secondary N) is 4. The van der Waals surface area contributed by atoms with Gasteiger partial charge in [0.1, 0.15) is 42.5 Å². The van der Waals surface area contributed by atoms with Gasteiger partial charge in [-0.25, -0.2) is 0 Å². The topological polar surface area (TPSA) is 244 Å². The van der Waals surface area contributed by atoms with E-state index in [1.54, 1.807) is 0 Å². The molecule has 1 heterocycles. The molecule has 15 nitrogen and oxygen atoms in total. The lowest BCUT2D eigenvalue weighted by atomic mass is 9.98. The largest absolute Gasteiger partial charge is 0.480 e. The van der Waals surface area contributed by atoms with E-state index < -0.39 is 91.4 Å². The average molecular weight is 478 g/mol. The number of aliphatic carboxylic acids is 1. The zero-order valence-corrected chi connectivity index (χ0v) is 18.2. The van der Waals surface area contributed by atoms with Crippen LogP contribution in [0.3, 0.4) is 0 Å². The van der Waals surface area contributed by atoms with E-state index in [-0.39, 0.29) is 0 Å². The molecule has 0 aromatic carbocycles. The van der Waals surface area contributed by atoms with Crippen molar-refractivity contribution in [2.45, 2.75) is 76.0 Å². The number of carboxylic acids is 1. The molecule has 15 heteroatoms. The van der Waals surface area contributed by atoms with Crippen molar-refractivity contribution in [1.29, 1.82) is 0 Å². The van der Waals surface area contributed by atoms with E-state index in [4.69, 9.17) is 9.84 Å². The molecule has 0 radical (unpaired) electrons. The normalized spacial score (nSPS) is 27.4. The summed E-state index contributed by atoms with van der Waals surface area (Å²) in [7, 11) is 0. The molecule has 0 aromatic heterocycles. The van der Waals surface area contributed by atoms with Gasteiger partial charge >= 0.3 is 5.97 Å². The van der Waals surface area contributed by atoms with Crippen molar-refractivity contribution in [1.82, 2.24) is 21.3 Å². The first kappa shape index (κ1) is 28.2. The van der Waals surface area contributed by atoms with Crippen molar-refractivity contribution >= 4 is 29.6 Å². The number of aliphatic hydroxyl groups is 4. The summed E-state index contributed by atoms with van der Waals surface area (Å²) in [6.07, 6.45) is -8.78. The minimum atomic E-state index is -1.78. The molecule has 1 fully saturated rings. The van der Waals surface area contributed by atoms with Crippen LogP contribution < -0.4 is 21.3 Å². The molecule has 8 atom stereocenters. The standard InChI is InChI=1S/C18H30N4O11/c1-6(19-8(3)24)15(29)21-9(16(30)20-7(2)18(31)32)4-11(25)22-17-14(28)13(27)12(26)10(5-23)33-17/h6-7,9-10,12-14,17,23,26-28H,4-5H2,1-3H3,(H,19,24)(H,20,30)(H,21,29)(H,22,25)(H,31,32)/t6-,7-,9-,10+,12-,13-,14+,17-/m0/s1. The van der Waals surface area contributed by atoms with Crippen molar-refractivity contribution < 1.29 is 54.2 Å². The Morgan fingerprint density at radius 1 is 0.879 bits per heavy atom. The molecule has 1 saturated heterocycles. The lowest BCUT2D eigenvalue weighted by molar-refractivity contribution is -0.236. The summed E-state index contributed by atoms with van der Waals surface area (Å²) >= 11 is 0. The summed E-state index contributed by atoms with van der Waals surface area (Å²) in [5.41, 5.74) is 0. The van der Waals surface area contributed by atoms with E-state index in [0.29, 0.717) is 0 Å². The second-order valence-electron chi connectivity index (χ2n) is 7.57. The Bertz CT molecular complexity index is 747. The smallest absolute Gasteiger partial charge is 0.325 e. The van der Waals surface area contributed by atoms with E-state index in [9.17, 15) is 44.4 Å². The molecule has 0 aliphatic carbocycles. The molecule has 0 spiro atoms. The fraction of sp³-hybridized carbons (Fsp3) is 0.722. The van der Waals surface area contributed by atoms with Crippen LogP contribution in [0.15, 0.2) is 0 Å². The molecule has 0 unspecified atom stereocenters. The average Bonchev–Trinajstić information content (AvgIpc) is 2.72. The first-order valence-corrected chi connectivity index (χ1v) is 9.99. The Hall–Kier alpha value is -2.85. The number of carbonyl (C=O) groups is 5. The Kier molecular flexibility index (Phi) is 10.6. The summed E-state index contributed by atoms with van der Waals surface area (Å²) in [4.78, 5) is 59.4. The minimum Gasteiger partial charge on any atom is -0.480 e. The lowest BCUT2D eigenvalue weighted by Crippen LogP contribution is -2.63. The van der Waals surface area contributed by atoms with Crippen LogP contribution in [0.4, 0.5) is 0 Å².